The zero-order chi connectivity index (χ0) is 15.4. The van der Waals surface area contributed by atoms with Crippen LogP contribution < -0.4 is 5.32 Å². The Morgan fingerprint density at radius 2 is 1.95 bits per heavy atom. The van der Waals surface area contributed by atoms with Gasteiger partial charge in [0, 0.05) is 6.04 Å². The first-order valence-electron chi connectivity index (χ1n) is 5.38. The topological polar surface area (TPSA) is 110 Å². The molecule has 0 spiro atoms. The number of aliphatic carboxylic acids is 1. The van der Waals surface area contributed by atoms with Gasteiger partial charge >= 0.3 is 5.97 Å². The Morgan fingerprint density at radius 1 is 1.40 bits per heavy atom. The molecule has 0 saturated carbocycles. The van der Waals surface area contributed by atoms with Crippen molar-refractivity contribution in [2.75, 3.05) is 0 Å². The minimum atomic E-state index is -1.45. The quantitative estimate of drug-likeness (QED) is 0.629. The first kappa shape index (κ1) is 15.5. The van der Waals surface area contributed by atoms with Gasteiger partial charge in [0.15, 0.2) is 11.6 Å². The van der Waals surface area contributed by atoms with Gasteiger partial charge in [-0.2, -0.15) is 0 Å². The number of benzene rings is 1. The molecule has 9 heteroatoms. The number of carboxylic acid groups (broad SMARTS) is 1. The van der Waals surface area contributed by atoms with E-state index in [1.54, 1.807) is 0 Å². The molecule has 0 fully saturated rings. The summed E-state index contributed by atoms with van der Waals surface area (Å²) in [7, 11) is 0. The third kappa shape index (κ3) is 3.70. The van der Waals surface area contributed by atoms with Gasteiger partial charge in [0.25, 0.3) is 11.6 Å². The molecule has 1 aromatic carbocycles. The Kier molecular flexibility index (Phi) is 4.68. The molecule has 0 aliphatic rings. The van der Waals surface area contributed by atoms with Gasteiger partial charge in [-0.1, -0.05) is 0 Å². The Morgan fingerprint density at radius 3 is 2.45 bits per heavy atom. The molecule has 108 valence electrons. The number of nitro groups is 1. The highest BCUT2D eigenvalue weighted by Gasteiger charge is 2.25. The largest absolute Gasteiger partial charge is 0.481 e. The monoisotopic (exact) mass is 288 g/mol. The van der Waals surface area contributed by atoms with E-state index in [4.69, 9.17) is 5.11 Å². The summed E-state index contributed by atoms with van der Waals surface area (Å²) in [5.74, 6) is -5.10. The zero-order valence-electron chi connectivity index (χ0n) is 10.2. The maximum atomic E-state index is 13.1. The SMILES string of the molecule is CC(CC(=O)O)NC(=O)c1cc(F)c(F)cc1[N+](=O)[O-]. The predicted octanol–water partition coefficient (Wildman–Crippen LogP) is 1.47. The molecule has 2 N–H and O–H groups in total. The summed E-state index contributed by atoms with van der Waals surface area (Å²) in [5, 5.41) is 21.4. The van der Waals surface area contributed by atoms with Gasteiger partial charge in [-0.05, 0) is 13.0 Å². The molecule has 1 amide bonds. The van der Waals surface area contributed by atoms with Gasteiger partial charge in [-0.25, -0.2) is 8.78 Å². The number of hydrogen-bond donors (Lipinski definition) is 2. The summed E-state index contributed by atoms with van der Waals surface area (Å²) >= 11 is 0. The molecule has 0 aliphatic heterocycles. The highest BCUT2D eigenvalue weighted by molar-refractivity contribution is 5.98. The Labute approximate surface area is 111 Å². The normalized spacial score (nSPS) is 11.8. The summed E-state index contributed by atoms with van der Waals surface area (Å²) in [6.07, 6.45) is -0.413. The zero-order valence-corrected chi connectivity index (χ0v) is 10.2. The van der Waals surface area contributed by atoms with Crippen LogP contribution in [0.25, 0.3) is 0 Å². The molecule has 1 atom stereocenters. The van der Waals surface area contributed by atoms with Crippen molar-refractivity contribution in [1.29, 1.82) is 0 Å². The summed E-state index contributed by atoms with van der Waals surface area (Å²) < 4.78 is 26.0. The summed E-state index contributed by atoms with van der Waals surface area (Å²) in [6.45, 7) is 1.36. The number of carbonyl (C=O) groups is 2. The molecular formula is C11H10F2N2O5. The molecule has 1 rings (SSSR count). The lowest BCUT2D eigenvalue weighted by atomic mass is 10.1. The molecule has 0 radical (unpaired) electrons. The van der Waals surface area contributed by atoms with Crippen LogP contribution in [0.4, 0.5) is 14.5 Å². The fourth-order valence-corrected chi connectivity index (χ4v) is 1.48. The highest BCUT2D eigenvalue weighted by atomic mass is 19.2. The van der Waals surface area contributed by atoms with Crippen LogP contribution in [0.5, 0.6) is 0 Å². The highest BCUT2D eigenvalue weighted by Crippen LogP contribution is 2.22. The van der Waals surface area contributed by atoms with Crippen LogP contribution in [-0.4, -0.2) is 27.9 Å². The van der Waals surface area contributed by atoms with Gasteiger partial charge < -0.3 is 10.4 Å². The van der Waals surface area contributed by atoms with E-state index in [0.717, 1.165) is 0 Å². The first-order chi connectivity index (χ1) is 9.22. The van der Waals surface area contributed by atoms with Gasteiger partial charge in [-0.3, -0.25) is 19.7 Å². The molecule has 1 unspecified atom stereocenters. The van der Waals surface area contributed by atoms with E-state index >= 15 is 0 Å². The second-order valence-electron chi connectivity index (χ2n) is 4.01. The lowest BCUT2D eigenvalue weighted by molar-refractivity contribution is -0.385. The van der Waals surface area contributed by atoms with Crippen molar-refractivity contribution in [3.05, 3.63) is 39.4 Å². The van der Waals surface area contributed by atoms with E-state index in [1.807, 2.05) is 0 Å². The van der Waals surface area contributed by atoms with Crippen LogP contribution in [0.15, 0.2) is 12.1 Å². The van der Waals surface area contributed by atoms with Gasteiger partial charge in [0.1, 0.15) is 5.56 Å². The number of nitro benzene ring substituents is 1. The molecule has 0 saturated heterocycles. The number of halogens is 2. The standard InChI is InChI=1S/C11H10F2N2O5/c1-5(2-10(16)17)14-11(18)6-3-7(12)8(13)4-9(6)15(19)20/h3-5H,2H2,1H3,(H,14,18)(H,16,17). The van der Waals surface area contributed by atoms with E-state index in [-0.39, 0.29) is 0 Å². The molecule has 0 aliphatic carbocycles. The van der Waals surface area contributed by atoms with Crippen molar-refractivity contribution in [2.24, 2.45) is 0 Å². The maximum Gasteiger partial charge on any atom is 0.305 e. The van der Waals surface area contributed by atoms with Crippen molar-refractivity contribution in [2.45, 2.75) is 19.4 Å². The minimum absolute atomic E-state index is 0.298. The average molecular weight is 288 g/mol. The smallest absolute Gasteiger partial charge is 0.305 e. The third-order valence-corrected chi connectivity index (χ3v) is 2.34. The van der Waals surface area contributed by atoms with Gasteiger partial charge in [0.05, 0.1) is 17.4 Å². The number of amides is 1. The number of rotatable bonds is 5. The van der Waals surface area contributed by atoms with Crippen LogP contribution in [-0.2, 0) is 4.79 Å². The van der Waals surface area contributed by atoms with E-state index in [1.165, 1.54) is 6.92 Å². The maximum absolute atomic E-state index is 13.1. The Bertz CT molecular complexity index is 576. The minimum Gasteiger partial charge on any atom is -0.481 e. The Balaban J connectivity index is 3.06. The number of hydrogen-bond acceptors (Lipinski definition) is 4. The van der Waals surface area contributed by atoms with Crippen molar-refractivity contribution < 1.29 is 28.4 Å². The van der Waals surface area contributed by atoms with Gasteiger partial charge in [-0.15, -0.1) is 0 Å². The summed E-state index contributed by atoms with van der Waals surface area (Å²) in [6, 6.07) is -0.129. The number of nitrogens with one attached hydrogen (secondary N) is 1. The molecule has 0 bridgehead atoms. The number of nitrogens with zero attached hydrogens (tertiary/aromatic N) is 1. The number of carboxylic acids is 1. The van der Waals surface area contributed by atoms with E-state index < -0.39 is 52.1 Å². The lowest BCUT2D eigenvalue weighted by Crippen LogP contribution is -2.34. The number of carbonyl (C=O) groups excluding carboxylic acids is 1. The molecule has 7 nitrogen and oxygen atoms in total. The second-order valence-corrected chi connectivity index (χ2v) is 4.01. The Hall–Kier alpha value is -2.58. The first-order valence-corrected chi connectivity index (χ1v) is 5.38. The molecule has 0 aromatic heterocycles. The molecule has 0 heterocycles. The molecule has 20 heavy (non-hydrogen) atoms. The second kappa shape index (κ2) is 6.04. The molecular weight excluding hydrogens is 278 g/mol. The fraction of sp³-hybridized carbons (Fsp3) is 0.273. The van der Waals surface area contributed by atoms with E-state index in [9.17, 15) is 28.5 Å². The van der Waals surface area contributed by atoms with Crippen LogP contribution in [0.2, 0.25) is 0 Å². The lowest BCUT2D eigenvalue weighted by Gasteiger charge is -2.11. The fourth-order valence-electron chi connectivity index (χ4n) is 1.48. The van der Waals surface area contributed by atoms with Crippen molar-refractivity contribution in [3.8, 4) is 0 Å². The van der Waals surface area contributed by atoms with Crippen molar-refractivity contribution in [1.82, 2.24) is 5.32 Å². The molecule has 1 aromatic rings. The third-order valence-electron chi connectivity index (χ3n) is 2.34. The van der Waals surface area contributed by atoms with E-state index in [2.05, 4.69) is 5.32 Å². The van der Waals surface area contributed by atoms with Crippen molar-refractivity contribution >= 4 is 17.6 Å². The van der Waals surface area contributed by atoms with Crippen LogP contribution in [0.3, 0.4) is 0 Å². The van der Waals surface area contributed by atoms with Crippen LogP contribution in [0.1, 0.15) is 23.7 Å². The predicted molar refractivity (Wildman–Crippen MR) is 62.2 cm³/mol. The van der Waals surface area contributed by atoms with Crippen LogP contribution >= 0.6 is 0 Å². The summed E-state index contributed by atoms with van der Waals surface area (Å²) in [4.78, 5) is 31.8. The summed E-state index contributed by atoms with van der Waals surface area (Å²) in [5.41, 5.74) is -1.57. The van der Waals surface area contributed by atoms with Crippen molar-refractivity contribution in [3.63, 3.8) is 0 Å². The van der Waals surface area contributed by atoms with Crippen LogP contribution in [0, 0.1) is 21.7 Å². The average Bonchev–Trinajstić information content (AvgIpc) is 2.30. The van der Waals surface area contributed by atoms with Gasteiger partial charge in [0.2, 0.25) is 0 Å². The van der Waals surface area contributed by atoms with E-state index in [0.29, 0.717) is 12.1 Å².